The summed E-state index contributed by atoms with van der Waals surface area (Å²) >= 11 is 0. The van der Waals surface area contributed by atoms with Crippen molar-refractivity contribution in [2.24, 2.45) is 0 Å². The highest BCUT2D eigenvalue weighted by atomic mass is 19.4. The van der Waals surface area contributed by atoms with E-state index in [4.69, 9.17) is 0 Å². The number of amidine groups is 1. The fraction of sp³-hybridized carbons (Fsp3) is 0.375. The molecule has 5 rings (SSSR count). The summed E-state index contributed by atoms with van der Waals surface area (Å²) in [6, 6.07) is 13.6. The number of benzene rings is 2. The lowest BCUT2D eigenvalue weighted by Gasteiger charge is -2.36. The summed E-state index contributed by atoms with van der Waals surface area (Å²) in [5.41, 5.74) is 2.16. The molecule has 2 aromatic carbocycles. The number of hydrazone groups is 1. The summed E-state index contributed by atoms with van der Waals surface area (Å²) in [5, 5.41) is 14.5. The molecular weight excluding hydrogens is 431 g/mol. The number of hydrogen-bond donors (Lipinski definition) is 0. The quantitative estimate of drug-likeness (QED) is 0.504. The largest absolute Gasteiger partial charge is 0.692 e. The zero-order valence-corrected chi connectivity index (χ0v) is 18.2. The summed E-state index contributed by atoms with van der Waals surface area (Å²) in [7, 11) is 0. The lowest BCUT2D eigenvalue weighted by Crippen LogP contribution is -2.47. The van der Waals surface area contributed by atoms with Crippen LogP contribution < -0.4 is 9.80 Å². The van der Waals surface area contributed by atoms with Crippen LogP contribution in [0, 0.1) is 5.21 Å². The molecule has 2 aromatic rings. The zero-order chi connectivity index (χ0) is 23.0. The highest BCUT2D eigenvalue weighted by molar-refractivity contribution is 6.09. The van der Waals surface area contributed by atoms with Gasteiger partial charge in [-0.3, -0.25) is 4.90 Å². The number of anilines is 2. The number of nitrogens with zero attached hydrogens (tertiary/aromatic N) is 5. The van der Waals surface area contributed by atoms with Gasteiger partial charge in [-0.05, 0) is 36.8 Å². The van der Waals surface area contributed by atoms with Crippen molar-refractivity contribution in [3.63, 3.8) is 0 Å². The number of hydrogen-bond acceptors (Lipinski definition) is 5. The summed E-state index contributed by atoms with van der Waals surface area (Å²) in [6.07, 6.45) is 0.351. The first kappa shape index (κ1) is 21.6. The first-order valence-electron chi connectivity index (χ1n) is 11.2. The smallest absolute Gasteiger partial charge is 0.416 e. The Balaban J connectivity index is 1.11. The van der Waals surface area contributed by atoms with Gasteiger partial charge >= 0.3 is 12.0 Å². The first-order chi connectivity index (χ1) is 15.9. The van der Waals surface area contributed by atoms with Gasteiger partial charge in [-0.15, -0.1) is 0 Å². The van der Waals surface area contributed by atoms with Crippen LogP contribution >= 0.6 is 0 Å². The van der Waals surface area contributed by atoms with Crippen LogP contribution in [0.1, 0.15) is 17.5 Å². The monoisotopic (exact) mass is 457 g/mol. The van der Waals surface area contributed by atoms with Crippen molar-refractivity contribution in [2.45, 2.75) is 12.6 Å². The van der Waals surface area contributed by atoms with E-state index in [9.17, 15) is 18.4 Å². The highest BCUT2D eigenvalue weighted by Crippen LogP contribution is 2.32. The van der Waals surface area contributed by atoms with Gasteiger partial charge in [0.1, 0.15) is 5.69 Å². The first-order valence-corrected chi connectivity index (χ1v) is 11.2. The third kappa shape index (κ3) is 4.37. The summed E-state index contributed by atoms with van der Waals surface area (Å²) in [5.74, 6) is 0.642. The Hall–Kier alpha value is -3.20. The molecule has 3 aliphatic rings. The third-order valence-corrected chi connectivity index (χ3v) is 6.48. The highest BCUT2D eigenvalue weighted by Gasteiger charge is 2.36. The van der Waals surface area contributed by atoms with E-state index in [1.807, 2.05) is 46.2 Å². The third-order valence-electron chi connectivity index (χ3n) is 6.48. The predicted molar refractivity (Wildman–Crippen MR) is 123 cm³/mol. The molecule has 0 unspecified atom stereocenters. The molecule has 1 saturated heterocycles. The molecule has 33 heavy (non-hydrogen) atoms. The van der Waals surface area contributed by atoms with E-state index >= 15 is 0 Å². The molecule has 6 nitrogen and oxygen atoms in total. The number of rotatable bonds is 5. The van der Waals surface area contributed by atoms with Gasteiger partial charge in [0.05, 0.1) is 12.1 Å². The van der Waals surface area contributed by atoms with Crippen LogP contribution in [0.25, 0.3) is 6.08 Å². The predicted octanol–water partition coefficient (Wildman–Crippen LogP) is 3.85. The van der Waals surface area contributed by atoms with Crippen LogP contribution in [0.3, 0.4) is 0 Å². The van der Waals surface area contributed by atoms with Gasteiger partial charge < -0.3 is 10.1 Å². The summed E-state index contributed by atoms with van der Waals surface area (Å²) < 4.78 is 39.0. The molecule has 1 fully saturated rings. The molecule has 9 heteroatoms. The van der Waals surface area contributed by atoms with Crippen LogP contribution in [0.5, 0.6) is 0 Å². The van der Waals surface area contributed by atoms with Gasteiger partial charge in [0.25, 0.3) is 0 Å². The van der Waals surface area contributed by atoms with E-state index in [-0.39, 0.29) is 0 Å². The molecule has 0 aromatic heterocycles. The average Bonchev–Trinajstić information content (AvgIpc) is 3.15. The van der Waals surface area contributed by atoms with Gasteiger partial charge in [0.2, 0.25) is 0 Å². The SMILES string of the molecule is [O-][N+]1=C2C=Cc3ccccc3N2CN1CCCN1CCN(c2cccc(C(F)(F)F)c2)CC1. The molecule has 0 bridgehead atoms. The van der Waals surface area contributed by atoms with E-state index < -0.39 is 11.7 Å². The Morgan fingerprint density at radius 1 is 0.909 bits per heavy atom. The standard InChI is InChI=1S/C24H26F3N5O/c25-24(26,27)20-6-3-7-21(17-20)29-15-13-28(14-16-29)11-4-12-30-18-31-22-8-2-1-5-19(22)9-10-23(31)32(30)33/h1-3,5-10,17H,4,11-16,18H2. The fourth-order valence-corrected chi connectivity index (χ4v) is 4.68. The Morgan fingerprint density at radius 3 is 2.48 bits per heavy atom. The molecule has 0 aliphatic carbocycles. The van der Waals surface area contributed by atoms with Gasteiger partial charge in [-0.25, -0.2) is 9.91 Å². The van der Waals surface area contributed by atoms with Crippen molar-refractivity contribution in [3.8, 4) is 0 Å². The molecule has 0 N–H and O–H groups in total. The Morgan fingerprint density at radius 2 is 1.70 bits per heavy atom. The summed E-state index contributed by atoms with van der Waals surface area (Å²) in [4.78, 5) is 7.34. The van der Waals surface area contributed by atoms with Crippen molar-refractivity contribution >= 4 is 23.3 Å². The maximum Gasteiger partial charge on any atom is 0.416 e. The van der Waals surface area contributed by atoms with Crippen molar-refractivity contribution in [2.75, 3.05) is 55.7 Å². The Labute approximate surface area is 191 Å². The zero-order valence-electron chi connectivity index (χ0n) is 18.2. The van der Waals surface area contributed by atoms with Crippen LogP contribution in [0.4, 0.5) is 24.5 Å². The van der Waals surface area contributed by atoms with Gasteiger partial charge in [-0.2, -0.15) is 18.0 Å². The van der Waals surface area contributed by atoms with E-state index in [0.29, 0.717) is 37.8 Å². The fourth-order valence-electron chi connectivity index (χ4n) is 4.68. The molecular formula is C24H26F3N5O. The molecule has 174 valence electrons. The number of halogens is 3. The topological polar surface area (TPSA) is 39.0 Å². The molecule has 3 heterocycles. The molecule has 0 atom stereocenters. The second-order valence-electron chi connectivity index (χ2n) is 8.55. The Bertz CT molecular complexity index is 1080. The lowest BCUT2D eigenvalue weighted by molar-refractivity contribution is -0.626. The van der Waals surface area contributed by atoms with Crippen LogP contribution in [-0.4, -0.2) is 66.5 Å². The lowest BCUT2D eigenvalue weighted by atomic mass is 10.1. The molecule has 0 radical (unpaired) electrons. The van der Waals surface area contributed by atoms with Crippen molar-refractivity contribution in [1.82, 2.24) is 9.91 Å². The van der Waals surface area contributed by atoms with E-state index in [1.54, 1.807) is 11.1 Å². The molecule has 3 aliphatic heterocycles. The average molecular weight is 458 g/mol. The number of piperazine rings is 1. The molecule has 0 amide bonds. The minimum atomic E-state index is -4.33. The maximum atomic E-state index is 13.0. The van der Waals surface area contributed by atoms with Crippen molar-refractivity contribution < 1.29 is 18.0 Å². The second-order valence-corrected chi connectivity index (χ2v) is 8.55. The van der Waals surface area contributed by atoms with E-state index in [2.05, 4.69) is 4.90 Å². The maximum absolute atomic E-state index is 13.0. The summed E-state index contributed by atoms with van der Waals surface area (Å²) in [6.45, 7) is 4.98. The number of hydrazine groups is 1. The van der Waals surface area contributed by atoms with Crippen LogP contribution in [-0.2, 0) is 6.18 Å². The van der Waals surface area contributed by atoms with Gasteiger partial charge in [0.15, 0.2) is 6.67 Å². The minimum absolute atomic E-state index is 0.531. The Kier molecular flexibility index (Phi) is 5.65. The van der Waals surface area contributed by atoms with Gasteiger partial charge in [0, 0.05) is 50.1 Å². The number of alkyl halides is 3. The van der Waals surface area contributed by atoms with E-state index in [1.165, 1.54) is 12.1 Å². The van der Waals surface area contributed by atoms with Crippen molar-refractivity contribution in [3.05, 3.63) is 70.9 Å². The van der Waals surface area contributed by atoms with E-state index in [0.717, 1.165) is 48.2 Å². The van der Waals surface area contributed by atoms with Crippen LogP contribution in [0.15, 0.2) is 54.6 Å². The van der Waals surface area contributed by atoms with Gasteiger partial charge in [-0.1, -0.05) is 24.3 Å². The number of para-hydroxylation sites is 1. The minimum Gasteiger partial charge on any atom is -0.692 e. The molecule has 0 saturated carbocycles. The normalized spacial score (nSPS) is 18.7. The second kappa shape index (κ2) is 8.62. The molecule has 0 spiro atoms. The van der Waals surface area contributed by atoms with Crippen LogP contribution in [0.2, 0.25) is 0 Å². The van der Waals surface area contributed by atoms with Crippen molar-refractivity contribution in [1.29, 1.82) is 0 Å². The number of fused-ring (bicyclic) bond motifs is 3.